The van der Waals surface area contributed by atoms with Crippen LogP contribution in [0.3, 0.4) is 0 Å². The average Bonchev–Trinajstić information content (AvgIpc) is 3.49. The Morgan fingerprint density at radius 2 is 0.634 bits per heavy atom. The van der Waals surface area contributed by atoms with Crippen LogP contribution in [0.15, 0.2) is 60.8 Å². The Balaban J connectivity index is 4.68. The van der Waals surface area contributed by atoms with E-state index in [1.54, 1.807) is 0 Å². The molecule has 0 aromatic heterocycles. The molecule has 0 saturated carbocycles. The van der Waals surface area contributed by atoms with E-state index in [0.717, 1.165) is 89.9 Å². The number of hydrogen-bond acceptors (Lipinski definition) is 10. The van der Waals surface area contributed by atoms with E-state index < -0.39 is 57.8 Å². The van der Waals surface area contributed by atoms with Gasteiger partial charge in [0.1, 0.15) is 12.7 Å². The second-order valence-electron chi connectivity index (χ2n) is 23.0. The van der Waals surface area contributed by atoms with Gasteiger partial charge in [0.15, 0.2) is 6.10 Å². The predicted molar refractivity (Wildman–Crippen MR) is 344 cm³/mol. The summed E-state index contributed by atoms with van der Waals surface area (Å²) in [5.41, 5.74) is 0. The Labute approximate surface area is 504 Å². The van der Waals surface area contributed by atoms with Gasteiger partial charge >= 0.3 is 25.7 Å². The van der Waals surface area contributed by atoms with Crippen molar-refractivity contribution in [3.05, 3.63) is 60.8 Å². The zero-order valence-corrected chi connectivity index (χ0v) is 54.1. The van der Waals surface area contributed by atoms with Crippen molar-refractivity contribution in [2.45, 2.75) is 341 Å². The first-order valence-electron chi connectivity index (χ1n) is 34.2. The number of rotatable bonds is 64. The predicted octanol–water partition coefficient (Wildman–Crippen LogP) is 21.0. The number of ether oxygens (including phenoxy) is 3. The number of hydrogen-bond donors (Lipinski definition) is 2. The van der Waals surface area contributed by atoms with Gasteiger partial charge in [-0.25, -0.2) is 4.57 Å². The minimum atomic E-state index is -4.76. The molecule has 0 spiro atoms. The summed E-state index contributed by atoms with van der Waals surface area (Å²) in [6.07, 6.45) is 73.1. The van der Waals surface area contributed by atoms with E-state index in [-0.39, 0.29) is 25.9 Å². The van der Waals surface area contributed by atoms with E-state index in [9.17, 15) is 28.9 Å². The van der Waals surface area contributed by atoms with Crippen LogP contribution < -0.4 is 0 Å². The molecule has 0 amide bonds. The number of aliphatic hydroxyl groups excluding tert-OH is 1. The van der Waals surface area contributed by atoms with E-state index in [4.69, 9.17) is 23.3 Å². The lowest BCUT2D eigenvalue weighted by atomic mass is 10.1. The summed E-state index contributed by atoms with van der Waals surface area (Å²) in [7, 11) is -4.76. The highest BCUT2D eigenvalue weighted by molar-refractivity contribution is 7.47. The smallest absolute Gasteiger partial charge is 0.462 e. The Morgan fingerprint density at radius 1 is 0.354 bits per heavy atom. The van der Waals surface area contributed by atoms with Gasteiger partial charge in [-0.15, -0.1) is 0 Å². The Bertz CT molecular complexity index is 1610. The van der Waals surface area contributed by atoms with Crippen molar-refractivity contribution in [3.8, 4) is 0 Å². The van der Waals surface area contributed by atoms with Crippen molar-refractivity contribution >= 4 is 25.7 Å². The van der Waals surface area contributed by atoms with Gasteiger partial charge in [-0.1, -0.05) is 268 Å². The highest BCUT2D eigenvalue weighted by Gasteiger charge is 2.28. The van der Waals surface area contributed by atoms with Crippen molar-refractivity contribution in [3.63, 3.8) is 0 Å². The monoisotopic (exact) mass is 1170 g/mol. The Kier molecular flexibility index (Phi) is 62.0. The Hall–Kier alpha value is -2.82. The number of unbranched alkanes of at least 4 members (excludes halogenated alkanes) is 37. The van der Waals surface area contributed by atoms with Crippen LogP contribution in [0, 0.1) is 0 Å². The lowest BCUT2D eigenvalue weighted by molar-refractivity contribution is -0.161. The number of esters is 3. The first-order chi connectivity index (χ1) is 40.2. The first kappa shape index (κ1) is 79.2. The van der Waals surface area contributed by atoms with Crippen LogP contribution >= 0.6 is 7.82 Å². The summed E-state index contributed by atoms with van der Waals surface area (Å²) in [6.45, 7) is 4.58. The lowest BCUT2D eigenvalue weighted by Gasteiger charge is -2.21. The highest BCUT2D eigenvalue weighted by atomic mass is 31.2. The molecule has 0 fully saturated rings. The molecule has 0 aromatic rings. The number of aliphatic hydroxyl groups is 1. The van der Waals surface area contributed by atoms with Crippen molar-refractivity contribution in [2.24, 2.45) is 0 Å². The van der Waals surface area contributed by atoms with Crippen molar-refractivity contribution in [1.29, 1.82) is 0 Å². The number of allylic oxidation sites excluding steroid dienone is 10. The molecule has 0 bridgehead atoms. The van der Waals surface area contributed by atoms with E-state index >= 15 is 0 Å². The minimum absolute atomic E-state index is 0.166. The van der Waals surface area contributed by atoms with E-state index in [1.165, 1.54) is 180 Å². The van der Waals surface area contributed by atoms with Crippen molar-refractivity contribution in [2.75, 3.05) is 26.4 Å². The Morgan fingerprint density at radius 3 is 0.988 bits per heavy atom. The highest BCUT2D eigenvalue weighted by Crippen LogP contribution is 2.43. The SMILES string of the molecule is CC/C=C\C/C=C\C/C=C\CCCCCCCCCC(=O)OC(CO)COP(=O)(O)OCC(COC(=O)CCCCCCCCCCC/C=C\CCCCCCCC)OC(=O)CCCCCCCCCCC/C=C\CCCCCCCC. The molecule has 3 atom stereocenters. The molecule has 0 aliphatic rings. The maximum Gasteiger partial charge on any atom is 0.472 e. The molecule has 0 saturated heterocycles. The maximum atomic E-state index is 13.0. The third-order valence-corrected chi connectivity index (χ3v) is 15.8. The molecule has 0 aliphatic carbocycles. The second-order valence-corrected chi connectivity index (χ2v) is 24.4. The average molecular weight is 1180 g/mol. The molecule has 3 unspecified atom stereocenters. The molecular weight excluding hydrogens is 1050 g/mol. The molecule has 0 radical (unpaired) electrons. The summed E-state index contributed by atoms with van der Waals surface area (Å²) in [5, 5.41) is 9.87. The van der Waals surface area contributed by atoms with Crippen LogP contribution in [0.4, 0.5) is 0 Å². The van der Waals surface area contributed by atoms with Gasteiger partial charge in [-0.2, -0.15) is 0 Å². The number of carbonyl (C=O) groups excluding carboxylic acids is 3. The van der Waals surface area contributed by atoms with Gasteiger partial charge in [0.2, 0.25) is 0 Å². The van der Waals surface area contributed by atoms with E-state index in [1.807, 2.05) is 0 Å². The largest absolute Gasteiger partial charge is 0.472 e. The molecule has 478 valence electrons. The van der Waals surface area contributed by atoms with Gasteiger partial charge < -0.3 is 24.2 Å². The molecule has 82 heavy (non-hydrogen) atoms. The number of phosphoric acid groups is 1. The fourth-order valence-corrected chi connectivity index (χ4v) is 10.5. The quantitative estimate of drug-likeness (QED) is 0.0197. The van der Waals surface area contributed by atoms with Crippen LogP contribution in [-0.2, 0) is 42.2 Å². The summed E-state index contributed by atoms with van der Waals surface area (Å²) in [6, 6.07) is 0. The molecule has 12 heteroatoms. The fraction of sp³-hybridized carbons (Fsp3) is 0.814. The molecule has 0 rings (SSSR count). The fourth-order valence-electron chi connectivity index (χ4n) is 9.72. The molecule has 0 aromatic carbocycles. The minimum Gasteiger partial charge on any atom is -0.462 e. The van der Waals surface area contributed by atoms with Crippen LogP contribution in [0.5, 0.6) is 0 Å². The van der Waals surface area contributed by atoms with Crippen molar-refractivity contribution in [1.82, 2.24) is 0 Å². The second kappa shape index (κ2) is 64.2. The molecule has 2 N–H and O–H groups in total. The van der Waals surface area contributed by atoms with Crippen LogP contribution in [0.2, 0.25) is 0 Å². The van der Waals surface area contributed by atoms with Crippen LogP contribution in [0.25, 0.3) is 0 Å². The summed E-state index contributed by atoms with van der Waals surface area (Å²) < 4.78 is 39.8. The first-order valence-corrected chi connectivity index (χ1v) is 35.7. The summed E-state index contributed by atoms with van der Waals surface area (Å²) in [5.74, 6) is -1.46. The van der Waals surface area contributed by atoms with Crippen LogP contribution in [0.1, 0.15) is 329 Å². The van der Waals surface area contributed by atoms with Gasteiger partial charge in [0, 0.05) is 19.3 Å². The molecule has 0 aliphatic heterocycles. The third kappa shape index (κ3) is 61.7. The normalized spacial score (nSPS) is 13.6. The van der Waals surface area contributed by atoms with Gasteiger partial charge in [0.05, 0.1) is 19.8 Å². The zero-order chi connectivity index (χ0) is 59.8. The van der Waals surface area contributed by atoms with Crippen LogP contribution in [-0.4, -0.2) is 66.5 Å². The molecule has 11 nitrogen and oxygen atoms in total. The lowest BCUT2D eigenvalue weighted by Crippen LogP contribution is -2.30. The number of carbonyl (C=O) groups is 3. The third-order valence-electron chi connectivity index (χ3n) is 14.9. The van der Waals surface area contributed by atoms with E-state index in [0.29, 0.717) is 19.3 Å². The topological polar surface area (TPSA) is 155 Å². The van der Waals surface area contributed by atoms with Gasteiger partial charge in [-0.3, -0.25) is 23.4 Å². The maximum absolute atomic E-state index is 13.0. The molecule has 0 heterocycles. The standard InChI is InChI=1S/C70H127O11P/c1-4-7-10-13-16-19-22-25-28-31-33-36-38-41-44-47-50-53-56-59-68(72)77-63-67(81-70(74)61-58-55-52-49-46-43-40-37-34-32-29-26-23-20-17-14-11-8-5-2)65-79-82(75,76)78-64-66(62-71)80-69(73)60-57-54-51-48-45-42-39-35-30-27-24-21-18-15-12-9-6-3/h9,12,18,21,25-30,66-67,71H,4-8,10-11,13-17,19-20,22-24,31-65H2,1-3H3,(H,75,76)/b12-9-,21-18-,28-25-,29-26-,30-27-. The van der Waals surface area contributed by atoms with E-state index in [2.05, 4.69) is 81.5 Å². The number of phosphoric ester groups is 1. The molecular formula is C70H127O11P. The summed E-state index contributed by atoms with van der Waals surface area (Å²) in [4.78, 5) is 48.9. The van der Waals surface area contributed by atoms with Gasteiger partial charge in [0.25, 0.3) is 0 Å². The van der Waals surface area contributed by atoms with Gasteiger partial charge in [-0.05, 0) is 103 Å². The summed E-state index contributed by atoms with van der Waals surface area (Å²) >= 11 is 0. The van der Waals surface area contributed by atoms with Crippen molar-refractivity contribution < 1.29 is 52.2 Å². The zero-order valence-electron chi connectivity index (χ0n) is 53.2.